The van der Waals surface area contributed by atoms with E-state index >= 15 is 0 Å². The number of para-hydroxylation sites is 7. The Bertz CT molecular complexity index is 8640. The lowest BCUT2D eigenvalue weighted by atomic mass is 9.33. The standard InChI is InChI=1S/C118H95BN6O/c1-115(2,3)75-50-59-102-92(64-75)93-65-76(116(4,5)6)51-60-103(93)120(102)80-54-56-96-107(68-80)124(101-58-49-74(72-31-16-13-17-32-72)63-91(101)73-33-18-14-19-34-73)109-70-82(122-98-45-25-22-37-83(98)84-38-23-26-46-99(84)122)71-110-111(109)119(96)97-57-55-81(121-104-61-52-77(117(7,8)9)66-94(104)95-67-78(118(10,11)12)53-62-105(95)121)69-108(97)125(110)106-48-30-44-90-89-43-29-42-88(113(89)126-114(90)106)87-41-28-40-86-85-39-24-27-47-100(85)123(112(86)87)79-35-20-15-21-36-79/h13-71H,1-12H3/i22D,23D,25D,26D,37D,38D,45D,46D. The first-order valence-electron chi connectivity index (χ1n) is 47.9. The van der Waals surface area contributed by atoms with Crippen molar-refractivity contribution in [3.63, 3.8) is 0 Å². The van der Waals surface area contributed by atoms with Gasteiger partial charge in [0.15, 0.2) is 5.58 Å². The summed E-state index contributed by atoms with van der Waals surface area (Å²) in [5, 5.41) is 8.48. The third kappa shape index (κ3) is 11.4. The van der Waals surface area contributed by atoms with Crippen LogP contribution in [0.15, 0.2) is 362 Å². The third-order valence-electron chi connectivity index (χ3n) is 27.0. The predicted octanol–water partition coefficient (Wildman–Crippen LogP) is 30.2. The van der Waals surface area contributed by atoms with Gasteiger partial charge in [-0.05, 0) is 210 Å². The minimum Gasteiger partial charge on any atom is -0.453 e. The maximum absolute atomic E-state index is 10.3. The van der Waals surface area contributed by atoms with Gasteiger partial charge < -0.3 is 32.5 Å². The highest BCUT2D eigenvalue weighted by atomic mass is 16.3. The van der Waals surface area contributed by atoms with Crippen LogP contribution in [-0.4, -0.2) is 25.0 Å². The number of furan rings is 1. The molecule has 0 saturated heterocycles. The van der Waals surface area contributed by atoms with Crippen molar-refractivity contribution in [3.05, 3.63) is 380 Å². The number of hydrogen-bond donors (Lipinski definition) is 0. The summed E-state index contributed by atoms with van der Waals surface area (Å²) in [5.74, 6) is 0. The number of nitrogens with zero attached hydrogens (tertiary/aromatic N) is 6. The maximum atomic E-state index is 10.3. The van der Waals surface area contributed by atoms with Gasteiger partial charge in [-0.2, -0.15) is 0 Å². The topological polar surface area (TPSA) is 39.3 Å². The minimum atomic E-state index is -0.590. The molecule has 22 aromatic rings. The van der Waals surface area contributed by atoms with Crippen molar-refractivity contribution in [2.45, 2.75) is 105 Å². The largest absolute Gasteiger partial charge is 0.453 e. The molecule has 0 radical (unpaired) electrons. The SMILES string of the molecule is [2H]c1c([2H])c([2H])c2c(c1[2H])c1c([2H])c([2H])c([2H])c([2H])c1n2-c1cc2c3c(c1)N(c1cccc4c1oc1c(-c5cccc6c7ccccc7n(-c7ccccc7)c56)cccc14)c1cc(-n4c5ccc(C(C)(C)C)cc5c5cc(C(C)(C)C)ccc54)ccc1B3c1ccc(-n3c4ccc(C(C)(C)C)cc4c4cc(C(C)(C)C)ccc43)cc1N2c1ccc(-c2ccccc2)cc1-c1ccccc1. The second-order valence-electron chi connectivity index (χ2n) is 38.7. The highest BCUT2D eigenvalue weighted by Crippen LogP contribution is 2.54. The van der Waals surface area contributed by atoms with Crippen molar-refractivity contribution in [2.24, 2.45) is 0 Å². The van der Waals surface area contributed by atoms with Crippen LogP contribution in [0.1, 0.15) is 116 Å². The zero-order chi connectivity index (χ0) is 92.3. The molecule has 17 aromatic carbocycles. The van der Waals surface area contributed by atoms with Crippen LogP contribution in [0, 0.1) is 0 Å². The zero-order valence-electron chi connectivity index (χ0n) is 80.6. The Morgan fingerprint density at radius 1 is 0.246 bits per heavy atom. The van der Waals surface area contributed by atoms with Crippen molar-refractivity contribution in [3.8, 4) is 56.1 Å². The van der Waals surface area contributed by atoms with Gasteiger partial charge in [0, 0.05) is 110 Å². The van der Waals surface area contributed by atoms with Gasteiger partial charge in [-0.25, -0.2) is 0 Å². The summed E-state index contributed by atoms with van der Waals surface area (Å²) >= 11 is 0. The van der Waals surface area contributed by atoms with Crippen LogP contribution in [0.4, 0.5) is 34.1 Å². The molecular formula is C118H95BN6O. The second-order valence-corrected chi connectivity index (χ2v) is 38.7. The van der Waals surface area contributed by atoms with E-state index in [4.69, 9.17) is 4.42 Å². The first-order chi connectivity index (χ1) is 64.4. The summed E-state index contributed by atoms with van der Waals surface area (Å²) < 4.78 is 95.9. The molecule has 126 heavy (non-hydrogen) atoms. The number of fused-ring (bicyclic) bond motifs is 19. The Labute approximate surface area is 746 Å². The van der Waals surface area contributed by atoms with Gasteiger partial charge >= 0.3 is 0 Å². The molecule has 24 rings (SSSR count). The predicted molar refractivity (Wildman–Crippen MR) is 536 cm³/mol. The lowest BCUT2D eigenvalue weighted by Gasteiger charge is -2.45. The average Bonchev–Trinajstić information content (AvgIpc) is 0.965. The van der Waals surface area contributed by atoms with Gasteiger partial charge in [-0.15, -0.1) is 0 Å². The van der Waals surface area contributed by atoms with Crippen molar-refractivity contribution in [1.29, 1.82) is 0 Å². The summed E-state index contributed by atoms with van der Waals surface area (Å²) in [6.07, 6.45) is 0. The van der Waals surface area contributed by atoms with Gasteiger partial charge in [0.1, 0.15) is 5.58 Å². The molecule has 0 fully saturated rings. The Balaban J connectivity index is 0.875. The highest BCUT2D eigenvalue weighted by Gasteiger charge is 2.46. The van der Waals surface area contributed by atoms with Crippen LogP contribution in [0.25, 0.3) is 165 Å². The summed E-state index contributed by atoms with van der Waals surface area (Å²) in [4.78, 5) is 4.77. The van der Waals surface area contributed by atoms with Gasteiger partial charge in [-0.1, -0.05) is 307 Å². The van der Waals surface area contributed by atoms with Crippen LogP contribution < -0.4 is 26.2 Å². The summed E-state index contributed by atoms with van der Waals surface area (Å²) in [7, 11) is 0. The summed E-state index contributed by atoms with van der Waals surface area (Å²) in [6.45, 7) is 26.7. The van der Waals surface area contributed by atoms with Crippen molar-refractivity contribution in [1.82, 2.24) is 18.3 Å². The van der Waals surface area contributed by atoms with Gasteiger partial charge in [0.05, 0.1) is 72.2 Å². The van der Waals surface area contributed by atoms with E-state index < -0.39 is 55.1 Å². The van der Waals surface area contributed by atoms with E-state index in [1.807, 2.05) is 12.1 Å². The van der Waals surface area contributed by atoms with E-state index in [0.717, 1.165) is 160 Å². The van der Waals surface area contributed by atoms with E-state index in [1.54, 1.807) is 4.57 Å². The monoisotopic (exact) mass is 1630 g/mol. The molecule has 0 atom stereocenters. The molecule has 0 spiro atoms. The molecule has 2 aliphatic heterocycles. The third-order valence-corrected chi connectivity index (χ3v) is 27.0. The molecule has 0 bridgehead atoms. The number of benzene rings is 17. The molecule has 7 nitrogen and oxygen atoms in total. The molecule has 5 aromatic heterocycles. The molecular weight excluding hydrogens is 1530 g/mol. The van der Waals surface area contributed by atoms with Crippen molar-refractivity contribution < 1.29 is 15.4 Å². The Kier molecular flexibility index (Phi) is 14.6. The molecule has 0 saturated carbocycles. The first-order valence-corrected chi connectivity index (χ1v) is 43.9. The Morgan fingerprint density at radius 2 is 0.667 bits per heavy atom. The van der Waals surface area contributed by atoms with E-state index in [9.17, 15) is 11.0 Å². The van der Waals surface area contributed by atoms with Gasteiger partial charge in [0.25, 0.3) is 6.71 Å². The van der Waals surface area contributed by atoms with Crippen molar-refractivity contribution >= 4 is 166 Å². The van der Waals surface area contributed by atoms with Crippen LogP contribution in [0.3, 0.4) is 0 Å². The second kappa shape index (κ2) is 27.5. The van der Waals surface area contributed by atoms with Crippen LogP contribution in [0.2, 0.25) is 0 Å². The van der Waals surface area contributed by atoms with Crippen LogP contribution >= 0.6 is 0 Å². The lowest BCUT2D eigenvalue weighted by Crippen LogP contribution is -2.61. The molecule has 0 unspecified atom stereocenters. The van der Waals surface area contributed by atoms with Gasteiger partial charge in [0.2, 0.25) is 0 Å². The van der Waals surface area contributed by atoms with E-state index in [2.05, 4.69) is 404 Å². The molecule has 7 heterocycles. The highest BCUT2D eigenvalue weighted by molar-refractivity contribution is 7.00. The molecule has 2 aliphatic rings. The number of hydrogen-bond acceptors (Lipinski definition) is 3. The van der Waals surface area contributed by atoms with Gasteiger partial charge in [-0.3, -0.25) is 0 Å². The number of aromatic nitrogens is 4. The van der Waals surface area contributed by atoms with Crippen LogP contribution in [0.5, 0.6) is 0 Å². The zero-order valence-corrected chi connectivity index (χ0v) is 72.6. The lowest BCUT2D eigenvalue weighted by molar-refractivity contribution is 0.590. The van der Waals surface area contributed by atoms with E-state index in [-0.39, 0.29) is 43.5 Å². The normalized spacial score (nSPS) is 14.1. The van der Waals surface area contributed by atoms with E-state index in [1.165, 1.54) is 22.3 Å². The molecule has 0 N–H and O–H groups in total. The molecule has 606 valence electrons. The maximum Gasteiger partial charge on any atom is 0.252 e. The minimum absolute atomic E-state index is 0.00609. The fourth-order valence-electron chi connectivity index (χ4n) is 20.7. The summed E-state index contributed by atoms with van der Waals surface area (Å²) in [6, 6.07) is 109. The Hall–Kier alpha value is -14.6. The molecule has 8 heteroatoms. The fourth-order valence-corrected chi connectivity index (χ4v) is 20.7. The molecule has 0 aliphatic carbocycles. The number of anilines is 6. The van der Waals surface area contributed by atoms with Crippen molar-refractivity contribution in [2.75, 3.05) is 9.80 Å². The number of rotatable bonds is 9. The Morgan fingerprint density at radius 3 is 1.19 bits per heavy atom. The smallest absolute Gasteiger partial charge is 0.252 e. The quantitative estimate of drug-likeness (QED) is 0.135. The average molecular weight is 1630 g/mol. The van der Waals surface area contributed by atoms with Crippen LogP contribution in [-0.2, 0) is 21.7 Å². The summed E-state index contributed by atoms with van der Waals surface area (Å²) in [5.41, 5.74) is 28.2. The molecule has 0 amide bonds. The fraction of sp³-hybridized carbons (Fsp3) is 0.136. The van der Waals surface area contributed by atoms with E-state index in [0.29, 0.717) is 33.9 Å². The first kappa shape index (κ1) is 67.0.